The zero-order chi connectivity index (χ0) is 17.4. The lowest BCUT2D eigenvalue weighted by molar-refractivity contribution is 0.0934. The van der Waals surface area contributed by atoms with Gasteiger partial charge in [-0.25, -0.2) is 9.67 Å². The minimum absolute atomic E-state index is 0.143. The number of fused-ring (bicyclic) bond motifs is 2. The van der Waals surface area contributed by atoms with Crippen LogP contribution in [0.2, 0.25) is 0 Å². The molecule has 7 heteroatoms. The highest BCUT2D eigenvalue weighted by molar-refractivity contribution is 5.97. The molecule has 0 fully saturated rings. The first-order chi connectivity index (χ1) is 12.2. The molecule has 0 saturated heterocycles. The molecule has 4 rings (SSSR count). The summed E-state index contributed by atoms with van der Waals surface area (Å²) in [7, 11) is 1.81. The number of carbonyl (C=O) groups excluding carboxylic acids is 1. The first kappa shape index (κ1) is 15.3. The number of aromatic amines is 1. The second-order valence-electron chi connectivity index (χ2n) is 5.99. The number of nitrogens with zero attached hydrogens (tertiary/aromatic N) is 4. The predicted molar refractivity (Wildman–Crippen MR) is 95.1 cm³/mol. The van der Waals surface area contributed by atoms with Gasteiger partial charge in [0.15, 0.2) is 0 Å². The van der Waals surface area contributed by atoms with E-state index < -0.39 is 0 Å². The monoisotopic (exact) mass is 334 g/mol. The Hall–Kier alpha value is -3.22. The van der Waals surface area contributed by atoms with E-state index in [4.69, 9.17) is 0 Å². The molecule has 1 amide bonds. The molecule has 2 heterocycles. The van der Waals surface area contributed by atoms with Gasteiger partial charge in [-0.1, -0.05) is 24.3 Å². The van der Waals surface area contributed by atoms with E-state index in [-0.39, 0.29) is 11.9 Å². The van der Waals surface area contributed by atoms with Crippen molar-refractivity contribution in [1.82, 2.24) is 30.3 Å². The van der Waals surface area contributed by atoms with Crippen molar-refractivity contribution >= 4 is 28.0 Å². The third-order valence-electron chi connectivity index (χ3n) is 4.32. The van der Waals surface area contributed by atoms with Gasteiger partial charge < -0.3 is 10.3 Å². The third kappa shape index (κ3) is 2.73. The fourth-order valence-electron chi connectivity index (χ4n) is 2.91. The van der Waals surface area contributed by atoms with Crippen molar-refractivity contribution in [3.8, 4) is 0 Å². The maximum atomic E-state index is 12.7. The van der Waals surface area contributed by atoms with Crippen LogP contribution in [0.15, 0.2) is 42.5 Å². The summed E-state index contributed by atoms with van der Waals surface area (Å²) in [5, 5.41) is 11.1. The predicted octanol–water partition coefficient (Wildman–Crippen LogP) is 2.73. The second-order valence-corrected chi connectivity index (χ2v) is 5.99. The van der Waals surface area contributed by atoms with Crippen LogP contribution in [0.3, 0.4) is 0 Å². The second kappa shape index (κ2) is 6.01. The number of para-hydroxylation sites is 2. The highest BCUT2D eigenvalue weighted by Crippen LogP contribution is 2.19. The fraction of sp³-hybridized carbons (Fsp3) is 0.222. The molecule has 2 aromatic carbocycles. The smallest absolute Gasteiger partial charge is 0.251 e. The van der Waals surface area contributed by atoms with E-state index in [9.17, 15) is 4.79 Å². The van der Waals surface area contributed by atoms with Gasteiger partial charge in [-0.3, -0.25) is 4.79 Å². The molecule has 1 unspecified atom stereocenters. The lowest BCUT2D eigenvalue weighted by atomic mass is 10.1. The van der Waals surface area contributed by atoms with Crippen molar-refractivity contribution in [3.63, 3.8) is 0 Å². The van der Waals surface area contributed by atoms with Crippen LogP contribution in [0.25, 0.3) is 22.1 Å². The normalized spacial score (nSPS) is 12.6. The largest absolute Gasteiger partial charge is 0.342 e. The summed E-state index contributed by atoms with van der Waals surface area (Å²) in [6, 6.07) is 13.0. The number of nitrogens with one attached hydrogen (secondary N) is 2. The molecular formula is C18H18N6O. The summed E-state index contributed by atoms with van der Waals surface area (Å²) in [4.78, 5) is 20.6. The Morgan fingerprint density at radius 3 is 2.88 bits per heavy atom. The number of benzene rings is 2. The molecule has 1 atom stereocenters. The van der Waals surface area contributed by atoms with Crippen LogP contribution in [0.4, 0.5) is 0 Å². The van der Waals surface area contributed by atoms with Gasteiger partial charge in [0.2, 0.25) is 0 Å². The molecule has 7 nitrogen and oxygen atoms in total. The van der Waals surface area contributed by atoms with Gasteiger partial charge in [0.05, 0.1) is 22.6 Å². The number of rotatable bonds is 4. The number of carbonyl (C=O) groups is 1. The van der Waals surface area contributed by atoms with Crippen LogP contribution in [0.5, 0.6) is 0 Å². The van der Waals surface area contributed by atoms with E-state index in [1.807, 2.05) is 31.2 Å². The first-order valence-electron chi connectivity index (χ1n) is 8.20. The molecule has 2 N–H and O–H groups in total. The molecule has 0 spiro atoms. The molecule has 126 valence electrons. The van der Waals surface area contributed by atoms with E-state index in [0.29, 0.717) is 5.56 Å². The van der Waals surface area contributed by atoms with Gasteiger partial charge in [0, 0.05) is 12.6 Å². The van der Waals surface area contributed by atoms with Gasteiger partial charge in [0.1, 0.15) is 11.3 Å². The van der Waals surface area contributed by atoms with E-state index in [2.05, 4.69) is 25.6 Å². The minimum Gasteiger partial charge on any atom is -0.342 e. The zero-order valence-electron chi connectivity index (χ0n) is 14.0. The number of aromatic nitrogens is 5. The van der Waals surface area contributed by atoms with Crippen molar-refractivity contribution in [2.45, 2.75) is 19.4 Å². The lowest BCUT2D eigenvalue weighted by Crippen LogP contribution is -2.28. The Bertz CT molecular complexity index is 1030. The fourth-order valence-corrected chi connectivity index (χ4v) is 2.91. The van der Waals surface area contributed by atoms with Gasteiger partial charge in [-0.05, 0) is 36.8 Å². The standard InChI is InChI=1S/C18H18N6O/c1-3-12(17-19-13-6-4-5-7-14(13)20-17)21-18(25)11-8-9-15-16(10-11)24(2)23-22-15/h4-10,12H,3H2,1-2H3,(H,19,20)(H,21,25). The maximum Gasteiger partial charge on any atom is 0.251 e. The van der Waals surface area contributed by atoms with Crippen molar-refractivity contribution in [3.05, 3.63) is 53.9 Å². The number of aryl methyl sites for hydroxylation is 1. The van der Waals surface area contributed by atoms with Crippen molar-refractivity contribution in [2.75, 3.05) is 0 Å². The van der Waals surface area contributed by atoms with Gasteiger partial charge in [-0.2, -0.15) is 0 Å². The summed E-state index contributed by atoms with van der Waals surface area (Å²) in [5.41, 5.74) is 4.03. The molecule has 0 aliphatic rings. The van der Waals surface area contributed by atoms with Crippen LogP contribution in [0.1, 0.15) is 35.6 Å². The molecule has 0 aliphatic carbocycles. The van der Waals surface area contributed by atoms with E-state index >= 15 is 0 Å². The van der Waals surface area contributed by atoms with Crippen LogP contribution >= 0.6 is 0 Å². The third-order valence-corrected chi connectivity index (χ3v) is 4.32. The first-order valence-corrected chi connectivity index (χ1v) is 8.20. The SMILES string of the molecule is CCC(NC(=O)c1ccc2nnn(C)c2c1)c1nc2ccccc2[nH]1. The topological polar surface area (TPSA) is 88.5 Å². The molecule has 25 heavy (non-hydrogen) atoms. The molecule has 0 bridgehead atoms. The minimum atomic E-state index is -0.180. The quantitative estimate of drug-likeness (QED) is 0.600. The van der Waals surface area contributed by atoms with Crippen molar-refractivity contribution in [2.24, 2.45) is 7.05 Å². The average Bonchev–Trinajstić information content (AvgIpc) is 3.23. The molecule has 4 aromatic rings. The van der Waals surface area contributed by atoms with Crippen molar-refractivity contribution < 1.29 is 4.79 Å². The van der Waals surface area contributed by atoms with Crippen LogP contribution in [-0.4, -0.2) is 30.9 Å². The summed E-state index contributed by atoms with van der Waals surface area (Å²) < 4.78 is 1.66. The molecule has 0 aliphatic heterocycles. The Labute approximate surface area is 144 Å². The Kier molecular flexibility index (Phi) is 3.68. The number of hydrogen-bond acceptors (Lipinski definition) is 4. The lowest BCUT2D eigenvalue weighted by Gasteiger charge is -2.14. The van der Waals surface area contributed by atoms with Gasteiger partial charge in [-0.15, -0.1) is 5.10 Å². The molecular weight excluding hydrogens is 316 g/mol. The number of imidazole rings is 1. The van der Waals surface area contributed by atoms with E-state index in [1.54, 1.807) is 29.9 Å². The molecule has 0 saturated carbocycles. The summed E-state index contributed by atoms with van der Waals surface area (Å²) >= 11 is 0. The van der Waals surface area contributed by atoms with Crippen LogP contribution in [-0.2, 0) is 7.05 Å². The van der Waals surface area contributed by atoms with Gasteiger partial charge in [0.25, 0.3) is 5.91 Å². The highest BCUT2D eigenvalue weighted by atomic mass is 16.1. The van der Waals surface area contributed by atoms with Crippen LogP contribution in [0, 0.1) is 0 Å². The zero-order valence-corrected chi connectivity index (χ0v) is 14.0. The van der Waals surface area contributed by atoms with E-state index in [1.165, 1.54) is 0 Å². The number of hydrogen-bond donors (Lipinski definition) is 2. The molecule has 0 radical (unpaired) electrons. The van der Waals surface area contributed by atoms with Gasteiger partial charge >= 0.3 is 0 Å². The average molecular weight is 334 g/mol. The Morgan fingerprint density at radius 1 is 1.24 bits per heavy atom. The van der Waals surface area contributed by atoms with Crippen LogP contribution < -0.4 is 5.32 Å². The number of H-pyrrole nitrogens is 1. The summed E-state index contributed by atoms with van der Waals surface area (Å²) in [5.74, 6) is 0.621. The number of amides is 1. The van der Waals surface area contributed by atoms with E-state index in [0.717, 1.165) is 34.3 Å². The maximum absolute atomic E-state index is 12.7. The highest BCUT2D eigenvalue weighted by Gasteiger charge is 2.18. The summed E-state index contributed by atoms with van der Waals surface area (Å²) in [6.07, 6.45) is 0.737. The van der Waals surface area contributed by atoms with Crippen molar-refractivity contribution in [1.29, 1.82) is 0 Å². The Morgan fingerprint density at radius 2 is 2.08 bits per heavy atom. The molecule has 2 aromatic heterocycles. The summed E-state index contributed by atoms with van der Waals surface area (Å²) in [6.45, 7) is 2.02. The Balaban J connectivity index is 1.61.